The minimum Gasteiger partial charge on any atom is -0.481 e. The molecule has 8 rings (SSSR count). The number of hydrogen-bond donors (Lipinski definition) is 4. The first-order chi connectivity index (χ1) is 27.9. The largest absolute Gasteiger partial charge is 0.481 e. The van der Waals surface area contributed by atoms with Gasteiger partial charge in [-0.25, -0.2) is 9.78 Å². The zero-order valence-electron chi connectivity index (χ0n) is 38.0. The van der Waals surface area contributed by atoms with Crippen LogP contribution in [0, 0.1) is 62.6 Å². The number of carbonyl (C=O) groups is 4. The van der Waals surface area contributed by atoms with Crippen LogP contribution in [0.4, 0.5) is 4.79 Å². The molecule has 10 atom stereocenters. The predicted octanol–water partition coefficient (Wildman–Crippen LogP) is 10.0. The maximum absolute atomic E-state index is 14.3. The number of urea groups is 1. The number of imidazole rings is 1. The van der Waals surface area contributed by atoms with E-state index in [1.54, 1.807) is 6.20 Å². The molecule has 6 aliphatic rings. The molecule has 326 valence electrons. The first kappa shape index (κ1) is 42.7. The molecule has 4 N–H and O–H groups in total. The van der Waals surface area contributed by atoms with Crippen molar-refractivity contribution in [2.45, 2.75) is 158 Å². The minimum absolute atomic E-state index is 0.00937. The molecule has 0 bridgehead atoms. The number of nitrogens with zero attached hydrogens (tertiary/aromatic N) is 1. The Morgan fingerprint density at radius 1 is 0.867 bits per heavy atom. The number of carboxylic acid groups (broad SMARTS) is 1. The van der Waals surface area contributed by atoms with Gasteiger partial charge in [-0.3, -0.25) is 14.4 Å². The number of aliphatic carboxylic acids is 1. The van der Waals surface area contributed by atoms with Crippen molar-refractivity contribution in [3.63, 3.8) is 0 Å². The Balaban J connectivity index is 1.03. The van der Waals surface area contributed by atoms with Crippen LogP contribution in [0.15, 0.2) is 47.7 Å². The Bertz CT molecular complexity index is 2120. The van der Waals surface area contributed by atoms with Crippen LogP contribution in [-0.2, 0) is 24.7 Å². The average molecular weight is 823 g/mol. The van der Waals surface area contributed by atoms with Gasteiger partial charge in [0.2, 0.25) is 0 Å². The number of allylic oxidation sites excluding steroid dienone is 1. The van der Waals surface area contributed by atoms with Crippen molar-refractivity contribution < 1.29 is 29.0 Å². The molecule has 0 saturated heterocycles. The number of aromatic amines is 1. The highest BCUT2D eigenvalue weighted by Crippen LogP contribution is 2.76. The van der Waals surface area contributed by atoms with E-state index < -0.39 is 34.3 Å². The molecular weight excluding hydrogens is 753 g/mol. The number of carbonyl (C=O) groups excluding carboxylic acids is 3. The van der Waals surface area contributed by atoms with Crippen molar-refractivity contribution >= 4 is 23.8 Å². The molecule has 1 aromatic carbocycles. The average Bonchev–Trinajstić information content (AvgIpc) is 3.76. The van der Waals surface area contributed by atoms with Crippen LogP contribution in [0.2, 0.25) is 0 Å². The normalized spacial score (nSPS) is 37.8. The highest BCUT2D eigenvalue weighted by Gasteiger charge is 2.70. The van der Waals surface area contributed by atoms with Gasteiger partial charge >= 0.3 is 18.0 Å². The van der Waals surface area contributed by atoms with Crippen molar-refractivity contribution in [1.29, 1.82) is 0 Å². The number of Topliss-reactive ketones (excluding diaryl/α,β-unsaturated/α-hetero) is 1. The number of esters is 1. The summed E-state index contributed by atoms with van der Waals surface area (Å²) in [4.78, 5) is 62.0. The molecule has 0 unspecified atom stereocenters. The summed E-state index contributed by atoms with van der Waals surface area (Å²) < 4.78 is 6.43. The molecular formula is C50H70N4O6. The van der Waals surface area contributed by atoms with Crippen molar-refractivity contribution in [2.24, 2.45) is 62.6 Å². The van der Waals surface area contributed by atoms with E-state index in [0.717, 1.165) is 68.2 Å². The monoisotopic (exact) mass is 823 g/mol. The summed E-state index contributed by atoms with van der Waals surface area (Å²) in [6, 6.07) is 9.73. The predicted molar refractivity (Wildman–Crippen MR) is 231 cm³/mol. The van der Waals surface area contributed by atoms with Crippen LogP contribution >= 0.6 is 0 Å². The number of nitrogens with one attached hydrogen (secondary N) is 3. The van der Waals surface area contributed by atoms with Crippen LogP contribution in [0.1, 0.15) is 146 Å². The summed E-state index contributed by atoms with van der Waals surface area (Å²) in [5.41, 5.74) is 1.63. The fraction of sp³-hybridized carbons (Fsp3) is 0.700. The number of amides is 2. The number of hydrogen-bond acceptors (Lipinski definition) is 6. The molecule has 0 aliphatic heterocycles. The van der Waals surface area contributed by atoms with Gasteiger partial charge < -0.3 is 25.5 Å². The first-order valence-corrected chi connectivity index (χ1v) is 22.9. The molecule has 10 heteroatoms. The molecule has 2 aromatic rings. The summed E-state index contributed by atoms with van der Waals surface area (Å²) in [6.45, 7) is 24.1. The maximum Gasteiger partial charge on any atom is 0.316 e. The highest BCUT2D eigenvalue weighted by atomic mass is 16.5. The third-order valence-electron chi connectivity index (χ3n) is 18.5. The first-order valence-electron chi connectivity index (χ1n) is 22.9. The lowest BCUT2D eigenvalue weighted by Crippen LogP contribution is -2.68. The van der Waals surface area contributed by atoms with Gasteiger partial charge in [0.25, 0.3) is 0 Å². The smallest absolute Gasteiger partial charge is 0.316 e. The Hall–Kier alpha value is -3.95. The topological polar surface area (TPSA) is 150 Å². The van der Waals surface area contributed by atoms with Gasteiger partial charge in [-0.15, -0.1) is 0 Å². The van der Waals surface area contributed by atoms with Crippen LogP contribution in [0.3, 0.4) is 0 Å². The zero-order valence-corrected chi connectivity index (χ0v) is 38.0. The van der Waals surface area contributed by atoms with Gasteiger partial charge in [-0.2, -0.15) is 0 Å². The third kappa shape index (κ3) is 6.17. The Morgan fingerprint density at radius 2 is 1.57 bits per heavy atom. The number of ketones is 1. The number of aromatic nitrogens is 2. The molecule has 10 nitrogen and oxygen atoms in total. The molecule has 2 amide bonds. The molecule has 0 spiro atoms. The second kappa shape index (κ2) is 14.0. The minimum atomic E-state index is -0.837. The van der Waals surface area contributed by atoms with E-state index in [4.69, 9.17) is 4.74 Å². The lowest BCUT2D eigenvalue weighted by atomic mass is 9.33. The number of carboxylic acids is 1. The van der Waals surface area contributed by atoms with Crippen molar-refractivity contribution in [2.75, 3.05) is 0 Å². The number of rotatable bonds is 8. The van der Waals surface area contributed by atoms with E-state index in [2.05, 4.69) is 69.1 Å². The van der Waals surface area contributed by atoms with Gasteiger partial charge in [0, 0.05) is 11.8 Å². The molecule has 1 aromatic heterocycles. The third-order valence-corrected chi connectivity index (χ3v) is 18.5. The molecule has 1 heterocycles. The SMILES string of the molecule is CC(C)C1=C2[C@H]3CC[C@@H]4[C@@]5(C)CC[C@H](OC(=O)[C@H]6C[C@@H](C(=O)O)C6(C)C)C(C)(C)[C@@H]5CC[C@@]4(C)[C@]3(C)CC[C@@]2(NC(=O)NC(C)(C)c2ncc(-c3ccccc3)[nH]2)CC1=O. The van der Waals surface area contributed by atoms with Gasteiger partial charge in [0.05, 0.1) is 34.8 Å². The maximum atomic E-state index is 14.3. The van der Waals surface area contributed by atoms with E-state index in [1.807, 2.05) is 58.0 Å². The van der Waals surface area contributed by atoms with Crippen LogP contribution in [0.25, 0.3) is 11.3 Å². The molecule has 6 aliphatic carbocycles. The summed E-state index contributed by atoms with van der Waals surface area (Å²) >= 11 is 0. The number of fused-ring (bicyclic) bond motifs is 7. The fourth-order valence-electron chi connectivity index (χ4n) is 14.9. The summed E-state index contributed by atoms with van der Waals surface area (Å²) in [7, 11) is 0. The standard InChI is InChI=1S/C50H70N4O6/c1-28(2)38-34(55)26-50(54-43(59)53-46(7,8)42-51-27-33(52-42)29-15-13-12-14-16-29)24-23-48(10)30(39(38)50)17-18-36-47(9)21-20-37(45(5,6)35(47)19-22-49(36,48)11)60-41(58)32-25-31(40(56)57)44(32,3)4/h12-16,27-28,30-32,35-37H,17-26H2,1-11H3,(H,51,52)(H,56,57)(H2,53,54,59)/t30-,31+,32-,35+,36-,37+,47+,48-,49-,50-/m1/s1. The number of H-pyrrole nitrogens is 1. The fourth-order valence-corrected chi connectivity index (χ4v) is 14.9. The Kier molecular flexibility index (Phi) is 9.99. The quantitative estimate of drug-likeness (QED) is 0.194. The van der Waals surface area contributed by atoms with E-state index in [0.29, 0.717) is 30.5 Å². The van der Waals surface area contributed by atoms with E-state index in [1.165, 1.54) is 5.57 Å². The summed E-state index contributed by atoms with van der Waals surface area (Å²) in [5, 5.41) is 16.4. The van der Waals surface area contributed by atoms with Gasteiger partial charge in [0.15, 0.2) is 5.78 Å². The molecule has 60 heavy (non-hydrogen) atoms. The second-order valence-corrected chi connectivity index (χ2v) is 22.8. The molecule has 0 radical (unpaired) electrons. The lowest BCUT2D eigenvalue weighted by molar-refractivity contribution is -0.235. The highest BCUT2D eigenvalue weighted by molar-refractivity contribution is 6.02. The number of ether oxygens (including phenoxy) is 1. The molecule has 5 saturated carbocycles. The van der Waals surface area contributed by atoms with E-state index in [-0.39, 0.29) is 57.4 Å². The van der Waals surface area contributed by atoms with Gasteiger partial charge in [-0.05, 0) is 134 Å². The van der Waals surface area contributed by atoms with Crippen molar-refractivity contribution in [3.05, 3.63) is 53.5 Å². The van der Waals surface area contributed by atoms with Gasteiger partial charge in [-0.1, -0.05) is 92.6 Å². The van der Waals surface area contributed by atoms with Crippen LogP contribution < -0.4 is 10.6 Å². The summed E-state index contributed by atoms with van der Waals surface area (Å²) in [5.74, 6) is -0.104. The second-order valence-electron chi connectivity index (χ2n) is 22.8. The number of benzene rings is 1. The van der Waals surface area contributed by atoms with Gasteiger partial charge in [0.1, 0.15) is 11.9 Å². The lowest BCUT2D eigenvalue weighted by Gasteiger charge is -2.72. The molecule has 5 fully saturated rings. The zero-order chi connectivity index (χ0) is 43.6. The Labute approximate surface area is 357 Å². The summed E-state index contributed by atoms with van der Waals surface area (Å²) in [6.07, 6.45) is 9.80. The van der Waals surface area contributed by atoms with E-state index >= 15 is 0 Å². The van der Waals surface area contributed by atoms with Crippen molar-refractivity contribution in [3.8, 4) is 11.3 Å². The van der Waals surface area contributed by atoms with Crippen molar-refractivity contribution in [1.82, 2.24) is 20.6 Å². The van der Waals surface area contributed by atoms with Crippen LogP contribution in [0.5, 0.6) is 0 Å². The van der Waals surface area contributed by atoms with E-state index in [9.17, 15) is 24.3 Å². The van der Waals surface area contributed by atoms with Crippen LogP contribution in [-0.4, -0.2) is 50.5 Å². The Morgan fingerprint density at radius 3 is 2.22 bits per heavy atom.